The summed E-state index contributed by atoms with van der Waals surface area (Å²) in [6, 6.07) is 0.119. The highest BCUT2D eigenvalue weighted by atomic mass is 32.1. The molecular formula is C14H23N3O2S. The maximum atomic E-state index is 12.4. The van der Waals surface area contributed by atoms with Crippen LogP contribution in [0.1, 0.15) is 35.5 Å². The van der Waals surface area contributed by atoms with Crippen LogP contribution in [0.25, 0.3) is 0 Å². The number of thiazole rings is 1. The molecule has 2 rings (SSSR count). The summed E-state index contributed by atoms with van der Waals surface area (Å²) in [6.45, 7) is 9.98. The van der Waals surface area contributed by atoms with E-state index in [4.69, 9.17) is 4.74 Å². The molecule has 1 saturated heterocycles. The summed E-state index contributed by atoms with van der Waals surface area (Å²) in [5.74, 6) is -0.0434. The predicted molar refractivity (Wildman–Crippen MR) is 79.9 cm³/mol. The van der Waals surface area contributed by atoms with E-state index in [2.05, 4.69) is 15.6 Å². The van der Waals surface area contributed by atoms with Gasteiger partial charge in [-0.1, -0.05) is 6.92 Å². The molecule has 2 N–H and O–H groups in total. The Hall–Kier alpha value is -0.980. The van der Waals surface area contributed by atoms with Crippen molar-refractivity contribution in [2.24, 2.45) is 5.92 Å². The Balaban J connectivity index is 1.98. The van der Waals surface area contributed by atoms with Gasteiger partial charge in [-0.25, -0.2) is 4.98 Å². The van der Waals surface area contributed by atoms with E-state index in [1.165, 1.54) is 0 Å². The molecule has 0 radical (unpaired) electrons. The zero-order valence-electron chi connectivity index (χ0n) is 12.5. The fourth-order valence-corrected chi connectivity index (χ4v) is 3.54. The van der Waals surface area contributed by atoms with E-state index >= 15 is 0 Å². The van der Waals surface area contributed by atoms with Crippen LogP contribution in [0.5, 0.6) is 0 Å². The van der Waals surface area contributed by atoms with Crippen molar-refractivity contribution in [3.05, 3.63) is 15.6 Å². The maximum absolute atomic E-state index is 12.4. The molecule has 0 bridgehead atoms. The maximum Gasteiger partial charge on any atom is 0.227 e. The van der Waals surface area contributed by atoms with Crippen molar-refractivity contribution in [2.45, 2.75) is 39.8 Å². The highest BCUT2D eigenvalue weighted by Crippen LogP contribution is 2.25. The van der Waals surface area contributed by atoms with Crippen LogP contribution < -0.4 is 10.6 Å². The van der Waals surface area contributed by atoms with Gasteiger partial charge in [0.2, 0.25) is 5.91 Å². The number of carbonyl (C=O) groups excluding carboxylic acids is 1. The average Bonchev–Trinajstić information content (AvgIpc) is 2.96. The lowest BCUT2D eigenvalue weighted by Crippen LogP contribution is -2.44. The first kappa shape index (κ1) is 15.4. The second-order valence-corrected chi connectivity index (χ2v) is 6.46. The Morgan fingerprint density at radius 3 is 2.85 bits per heavy atom. The standard InChI is InChI=1S/C14H23N3O2S/c1-5-15-12-7-19-6-11(12)14(18)17-9(3)13-8(2)16-10(4)20-13/h9,11-12,15H,5-7H2,1-4H3,(H,17,18). The SMILES string of the molecule is CCNC1COCC1C(=O)NC(C)c1sc(C)nc1C. The molecule has 1 amide bonds. The van der Waals surface area contributed by atoms with Crippen molar-refractivity contribution >= 4 is 17.2 Å². The number of hydrogen-bond donors (Lipinski definition) is 2. The summed E-state index contributed by atoms with van der Waals surface area (Å²) in [7, 11) is 0. The third-order valence-electron chi connectivity index (χ3n) is 3.58. The molecule has 1 aromatic rings. The van der Waals surface area contributed by atoms with E-state index < -0.39 is 0 Å². The smallest absolute Gasteiger partial charge is 0.227 e. The normalized spacial score (nSPS) is 23.8. The third-order valence-corrected chi connectivity index (χ3v) is 4.83. The minimum atomic E-state index is -0.105. The topological polar surface area (TPSA) is 63.2 Å². The molecule has 1 aliphatic rings. The van der Waals surface area contributed by atoms with E-state index in [1.54, 1.807) is 11.3 Å². The first-order chi connectivity index (χ1) is 9.52. The molecule has 0 spiro atoms. The van der Waals surface area contributed by atoms with Crippen molar-refractivity contribution in [1.29, 1.82) is 0 Å². The summed E-state index contributed by atoms with van der Waals surface area (Å²) in [6.07, 6.45) is 0. The molecule has 1 aromatic heterocycles. The molecule has 2 heterocycles. The molecule has 3 atom stereocenters. The molecule has 6 heteroatoms. The van der Waals surface area contributed by atoms with Gasteiger partial charge in [0, 0.05) is 10.9 Å². The molecule has 112 valence electrons. The molecule has 1 aliphatic heterocycles. The monoisotopic (exact) mass is 297 g/mol. The summed E-state index contributed by atoms with van der Waals surface area (Å²) in [5.41, 5.74) is 1.01. The highest BCUT2D eigenvalue weighted by Gasteiger charge is 2.34. The summed E-state index contributed by atoms with van der Waals surface area (Å²) in [4.78, 5) is 17.9. The van der Waals surface area contributed by atoms with Crippen molar-refractivity contribution in [3.8, 4) is 0 Å². The Bertz CT molecular complexity index is 475. The molecule has 20 heavy (non-hydrogen) atoms. The molecule has 3 unspecified atom stereocenters. The van der Waals surface area contributed by atoms with Gasteiger partial charge < -0.3 is 15.4 Å². The van der Waals surface area contributed by atoms with Crippen molar-refractivity contribution < 1.29 is 9.53 Å². The van der Waals surface area contributed by atoms with Gasteiger partial charge in [-0.15, -0.1) is 11.3 Å². The molecule has 1 fully saturated rings. The van der Waals surface area contributed by atoms with Crippen LogP contribution in [0.15, 0.2) is 0 Å². The fraction of sp³-hybridized carbons (Fsp3) is 0.714. The van der Waals surface area contributed by atoms with Crippen LogP contribution in [-0.4, -0.2) is 36.7 Å². The largest absolute Gasteiger partial charge is 0.379 e. The summed E-state index contributed by atoms with van der Waals surface area (Å²) < 4.78 is 5.43. The van der Waals surface area contributed by atoms with Crippen LogP contribution in [0.4, 0.5) is 0 Å². The Labute approximate surface area is 124 Å². The quantitative estimate of drug-likeness (QED) is 0.866. The molecule has 0 aliphatic carbocycles. The van der Waals surface area contributed by atoms with E-state index in [0.29, 0.717) is 13.2 Å². The fourth-order valence-electron chi connectivity index (χ4n) is 2.61. The second kappa shape index (κ2) is 6.65. The van der Waals surface area contributed by atoms with Gasteiger partial charge in [-0.3, -0.25) is 4.79 Å². The molecule has 0 saturated carbocycles. The number of aromatic nitrogens is 1. The number of amides is 1. The first-order valence-corrected chi connectivity index (χ1v) is 7.90. The van der Waals surface area contributed by atoms with Crippen LogP contribution in [0.2, 0.25) is 0 Å². The van der Waals surface area contributed by atoms with Gasteiger partial charge in [0.15, 0.2) is 0 Å². The lowest BCUT2D eigenvalue weighted by atomic mass is 10.0. The van der Waals surface area contributed by atoms with Gasteiger partial charge in [0.05, 0.1) is 35.9 Å². The van der Waals surface area contributed by atoms with E-state index in [0.717, 1.165) is 22.1 Å². The van der Waals surface area contributed by atoms with E-state index in [-0.39, 0.29) is 23.9 Å². The molecule has 0 aromatic carbocycles. The number of nitrogens with zero attached hydrogens (tertiary/aromatic N) is 1. The minimum Gasteiger partial charge on any atom is -0.379 e. The van der Waals surface area contributed by atoms with Crippen LogP contribution in [0, 0.1) is 19.8 Å². The predicted octanol–water partition coefficient (Wildman–Crippen LogP) is 1.56. The number of hydrogen-bond acceptors (Lipinski definition) is 5. The average molecular weight is 297 g/mol. The van der Waals surface area contributed by atoms with Gasteiger partial charge in [0.25, 0.3) is 0 Å². The lowest BCUT2D eigenvalue weighted by Gasteiger charge is -2.20. The van der Waals surface area contributed by atoms with Crippen LogP contribution in [-0.2, 0) is 9.53 Å². The van der Waals surface area contributed by atoms with Crippen molar-refractivity contribution in [2.75, 3.05) is 19.8 Å². The zero-order valence-corrected chi connectivity index (χ0v) is 13.3. The lowest BCUT2D eigenvalue weighted by molar-refractivity contribution is -0.126. The molecular weight excluding hydrogens is 274 g/mol. The Morgan fingerprint density at radius 1 is 1.50 bits per heavy atom. The summed E-state index contributed by atoms with van der Waals surface area (Å²) in [5, 5.41) is 7.44. The first-order valence-electron chi connectivity index (χ1n) is 7.08. The third kappa shape index (κ3) is 3.37. The zero-order chi connectivity index (χ0) is 14.7. The number of likely N-dealkylation sites (N-methyl/N-ethyl adjacent to an activating group) is 1. The van der Waals surface area contributed by atoms with Crippen molar-refractivity contribution in [1.82, 2.24) is 15.6 Å². The van der Waals surface area contributed by atoms with Crippen LogP contribution >= 0.6 is 11.3 Å². The number of nitrogens with one attached hydrogen (secondary N) is 2. The van der Waals surface area contributed by atoms with E-state index in [9.17, 15) is 4.79 Å². The Kier molecular flexibility index (Phi) is 5.12. The van der Waals surface area contributed by atoms with Crippen molar-refractivity contribution in [3.63, 3.8) is 0 Å². The van der Waals surface area contributed by atoms with Gasteiger partial charge >= 0.3 is 0 Å². The van der Waals surface area contributed by atoms with Crippen LogP contribution in [0.3, 0.4) is 0 Å². The van der Waals surface area contributed by atoms with Gasteiger partial charge in [-0.05, 0) is 27.3 Å². The minimum absolute atomic E-state index is 0.00317. The number of carbonyl (C=O) groups is 1. The number of aryl methyl sites for hydroxylation is 2. The highest BCUT2D eigenvalue weighted by molar-refractivity contribution is 7.11. The number of ether oxygens (including phenoxy) is 1. The van der Waals surface area contributed by atoms with Gasteiger partial charge in [0.1, 0.15) is 0 Å². The number of rotatable bonds is 5. The van der Waals surface area contributed by atoms with E-state index in [1.807, 2.05) is 27.7 Å². The summed E-state index contributed by atoms with van der Waals surface area (Å²) >= 11 is 1.65. The second-order valence-electron chi connectivity index (χ2n) is 5.22. The Morgan fingerprint density at radius 2 is 2.25 bits per heavy atom. The van der Waals surface area contributed by atoms with Gasteiger partial charge in [-0.2, -0.15) is 0 Å². The molecule has 5 nitrogen and oxygen atoms in total.